The highest BCUT2D eigenvalue weighted by Crippen LogP contribution is 2.23. The molecule has 0 aliphatic carbocycles. The fraction of sp³-hybridized carbons (Fsp3) is 0.333. The topological polar surface area (TPSA) is 63.7 Å². The zero-order chi connectivity index (χ0) is 21.6. The Kier molecular flexibility index (Phi) is 7.17. The van der Waals surface area contributed by atoms with Crippen LogP contribution in [0.2, 0.25) is 0 Å². The maximum atomic E-state index is 12.9. The molecule has 3 aromatic rings. The van der Waals surface area contributed by atoms with Gasteiger partial charge in [0.25, 0.3) is 5.91 Å². The van der Waals surface area contributed by atoms with Crippen LogP contribution >= 0.6 is 15.9 Å². The van der Waals surface area contributed by atoms with Gasteiger partial charge in [-0.15, -0.1) is 0 Å². The molecule has 1 saturated heterocycles. The molecule has 1 aliphatic rings. The summed E-state index contributed by atoms with van der Waals surface area (Å²) >= 11 is 3.48. The smallest absolute Gasteiger partial charge is 0.252 e. The summed E-state index contributed by atoms with van der Waals surface area (Å²) in [4.78, 5) is 19.8. The monoisotopic (exact) mass is 483 g/mol. The summed E-state index contributed by atoms with van der Waals surface area (Å²) in [6.45, 7) is 7.33. The molecule has 7 heteroatoms. The molecule has 1 aliphatic heterocycles. The lowest BCUT2D eigenvalue weighted by Gasteiger charge is -2.26. The quantitative estimate of drug-likeness (QED) is 0.551. The first-order valence-electron chi connectivity index (χ1n) is 10.5. The molecule has 1 amide bonds. The number of benzene rings is 2. The number of halogens is 1. The van der Waals surface area contributed by atoms with Crippen LogP contribution in [0.5, 0.6) is 5.75 Å². The summed E-state index contributed by atoms with van der Waals surface area (Å²) < 4.78 is 12.2. The van der Waals surface area contributed by atoms with Crippen LogP contribution in [0.15, 0.2) is 53.0 Å². The number of carbonyl (C=O) groups excluding carboxylic acids is 1. The molecule has 0 unspecified atom stereocenters. The minimum absolute atomic E-state index is 0.118. The fourth-order valence-electron chi connectivity index (χ4n) is 3.66. The van der Waals surface area contributed by atoms with Gasteiger partial charge in [0, 0.05) is 41.7 Å². The van der Waals surface area contributed by atoms with E-state index < -0.39 is 0 Å². The molecule has 0 radical (unpaired) electrons. The van der Waals surface area contributed by atoms with Gasteiger partial charge >= 0.3 is 0 Å². The van der Waals surface area contributed by atoms with Crippen LogP contribution in [0.1, 0.15) is 21.6 Å². The van der Waals surface area contributed by atoms with Crippen molar-refractivity contribution in [2.45, 2.75) is 13.5 Å². The largest absolute Gasteiger partial charge is 0.492 e. The fourth-order valence-corrected chi connectivity index (χ4v) is 4.02. The molecule has 0 saturated carbocycles. The van der Waals surface area contributed by atoms with Crippen molar-refractivity contribution in [3.63, 3.8) is 0 Å². The molecule has 6 nitrogen and oxygen atoms in total. The normalized spacial score (nSPS) is 14.5. The molecule has 2 heterocycles. The number of aryl methyl sites for hydroxylation is 1. The van der Waals surface area contributed by atoms with Crippen LogP contribution in [0, 0.1) is 6.92 Å². The van der Waals surface area contributed by atoms with Crippen LogP contribution in [0.25, 0.3) is 10.9 Å². The van der Waals surface area contributed by atoms with E-state index in [2.05, 4.69) is 31.1 Å². The standard InChI is InChI=1S/C24H26BrN3O3/c1-17-13-22(21-15-19(25)5-6-23(21)27-17)24(29)26-16-18-3-2-4-20(14-18)31-12-9-28-7-10-30-11-8-28/h2-6,13-15H,7-12,16H2,1H3,(H,26,29). The predicted molar refractivity (Wildman–Crippen MR) is 125 cm³/mol. The van der Waals surface area contributed by atoms with E-state index >= 15 is 0 Å². The van der Waals surface area contributed by atoms with Crippen LogP contribution < -0.4 is 10.1 Å². The van der Waals surface area contributed by atoms with E-state index in [1.807, 2.05) is 55.5 Å². The van der Waals surface area contributed by atoms with E-state index in [1.165, 1.54) is 0 Å². The van der Waals surface area contributed by atoms with Gasteiger partial charge in [0.1, 0.15) is 12.4 Å². The molecular weight excluding hydrogens is 458 g/mol. The zero-order valence-electron chi connectivity index (χ0n) is 17.6. The number of amides is 1. The van der Waals surface area contributed by atoms with Gasteiger partial charge in [-0.25, -0.2) is 0 Å². The first kappa shape index (κ1) is 21.7. The van der Waals surface area contributed by atoms with Crippen LogP contribution in [0.4, 0.5) is 0 Å². The average Bonchev–Trinajstić information content (AvgIpc) is 2.78. The summed E-state index contributed by atoms with van der Waals surface area (Å²) in [7, 11) is 0. The van der Waals surface area contributed by atoms with Crippen molar-refractivity contribution < 1.29 is 14.3 Å². The van der Waals surface area contributed by atoms with E-state index in [0.717, 1.165) is 65.2 Å². The van der Waals surface area contributed by atoms with Gasteiger partial charge in [-0.2, -0.15) is 0 Å². The van der Waals surface area contributed by atoms with Crippen molar-refractivity contribution in [3.8, 4) is 5.75 Å². The average molecular weight is 484 g/mol. The van der Waals surface area contributed by atoms with Crippen molar-refractivity contribution in [2.75, 3.05) is 39.5 Å². The third kappa shape index (κ3) is 5.81. The number of nitrogens with zero attached hydrogens (tertiary/aromatic N) is 2. The second-order valence-electron chi connectivity index (χ2n) is 7.61. The molecule has 1 fully saturated rings. The molecule has 0 spiro atoms. The number of hydrogen-bond acceptors (Lipinski definition) is 5. The molecule has 0 atom stereocenters. The maximum Gasteiger partial charge on any atom is 0.252 e. The Morgan fingerprint density at radius 3 is 2.87 bits per heavy atom. The van der Waals surface area contributed by atoms with E-state index in [0.29, 0.717) is 18.7 Å². The van der Waals surface area contributed by atoms with Crippen LogP contribution in [-0.2, 0) is 11.3 Å². The van der Waals surface area contributed by atoms with E-state index in [9.17, 15) is 4.79 Å². The van der Waals surface area contributed by atoms with Crippen molar-refractivity contribution >= 4 is 32.7 Å². The SMILES string of the molecule is Cc1cc(C(=O)NCc2cccc(OCCN3CCOCC3)c2)c2cc(Br)ccc2n1. The van der Waals surface area contributed by atoms with Gasteiger partial charge in [-0.05, 0) is 48.9 Å². The van der Waals surface area contributed by atoms with Gasteiger partial charge in [0.2, 0.25) is 0 Å². The molecular formula is C24H26BrN3O3. The van der Waals surface area contributed by atoms with Crippen LogP contribution in [-0.4, -0.2) is 55.2 Å². The Morgan fingerprint density at radius 1 is 1.19 bits per heavy atom. The van der Waals surface area contributed by atoms with E-state index in [-0.39, 0.29) is 5.91 Å². The molecule has 4 rings (SSSR count). The van der Waals surface area contributed by atoms with Gasteiger partial charge in [0.15, 0.2) is 0 Å². The molecule has 162 valence electrons. The number of rotatable bonds is 7. The number of pyridine rings is 1. The Hall–Kier alpha value is -2.48. The van der Waals surface area contributed by atoms with Gasteiger partial charge in [-0.1, -0.05) is 28.1 Å². The number of aromatic nitrogens is 1. The van der Waals surface area contributed by atoms with Gasteiger partial charge < -0.3 is 14.8 Å². The van der Waals surface area contributed by atoms with E-state index in [4.69, 9.17) is 9.47 Å². The molecule has 1 N–H and O–H groups in total. The van der Waals surface area contributed by atoms with Crippen molar-refractivity contribution in [1.29, 1.82) is 0 Å². The molecule has 1 aromatic heterocycles. The van der Waals surface area contributed by atoms with Crippen molar-refractivity contribution in [1.82, 2.24) is 15.2 Å². The third-order valence-electron chi connectivity index (χ3n) is 5.27. The van der Waals surface area contributed by atoms with Crippen molar-refractivity contribution in [3.05, 3.63) is 69.8 Å². The first-order valence-corrected chi connectivity index (χ1v) is 11.2. The highest BCUT2D eigenvalue weighted by Gasteiger charge is 2.13. The number of hydrogen-bond donors (Lipinski definition) is 1. The van der Waals surface area contributed by atoms with Crippen molar-refractivity contribution in [2.24, 2.45) is 0 Å². The van der Waals surface area contributed by atoms with Gasteiger partial charge in [0.05, 0.1) is 24.3 Å². The zero-order valence-corrected chi connectivity index (χ0v) is 19.2. The first-order chi connectivity index (χ1) is 15.1. The lowest BCUT2D eigenvalue weighted by atomic mass is 10.1. The number of carbonyl (C=O) groups is 1. The highest BCUT2D eigenvalue weighted by atomic mass is 79.9. The van der Waals surface area contributed by atoms with E-state index in [1.54, 1.807) is 0 Å². The minimum Gasteiger partial charge on any atom is -0.492 e. The number of fused-ring (bicyclic) bond motifs is 1. The lowest BCUT2D eigenvalue weighted by Crippen LogP contribution is -2.38. The predicted octanol–water partition coefficient (Wildman–Crippen LogP) is 3.95. The Bertz CT molecular complexity index is 1070. The van der Waals surface area contributed by atoms with Gasteiger partial charge in [-0.3, -0.25) is 14.7 Å². The third-order valence-corrected chi connectivity index (χ3v) is 5.77. The minimum atomic E-state index is -0.118. The Labute approximate surface area is 190 Å². The summed E-state index contributed by atoms with van der Waals surface area (Å²) in [6, 6.07) is 15.5. The lowest BCUT2D eigenvalue weighted by molar-refractivity contribution is 0.0322. The Balaban J connectivity index is 1.37. The summed E-state index contributed by atoms with van der Waals surface area (Å²) in [5, 5.41) is 3.86. The maximum absolute atomic E-state index is 12.9. The summed E-state index contributed by atoms with van der Waals surface area (Å²) in [6.07, 6.45) is 0. The molecule has 0 bridgehead atoms. The number of ether oxygens (including phenoxy) is 2. The number of morpholine rings is 1. The Morgan fingerprint density at radius 2 is 2.03 bits per heavy atom. The number of nitrogens with one attached hydrogen (secondary N) is 1. The summed E-state index contributed by atoms with van der Waals surface area (Å²) in [5.74, 6) is 0.696. The molecule has 31 heavy (non-hydrogen) atoms. The molecule has 2 aromatic carbocycles. The summed E-state index contributed by atoms with van der Waals surface area (Å²) in [5.41, 5.74) is 3.25. The second kappa shape index (κ2) is 10.2. The second-order valence-corrected chi connectivity index (χ2v) is 8.52. The van der Waals surface area contributed by atoms with Crippen LogP contribution in [0.3, 0.4) is 0 Å². The highest BCUT2D eigenvalue weighted by molar-refractivity contribution is 9.10.